The fourth-order valence-corrected chi connectivity index (χ4v) is 2.02. The van der Waals surface area contributed by atoms with Gasteiger partial charge in [-0.3, -0.25) is 0 Å². The second-order valence-corrected chi connectivity index (χ2v) is 4.62. The molecular formula is C11H17BClNO2. The van der Waals surface area contributed by atoms with Crippen LogP contribution in [-0.2, 0) is 10.3 Å². The molecule has 0 fully saturated rings. The first-order chi connectivity index (χ1) is 6.92. The number of hydrogen-bond donors (Lipinski definition) is 2. The molecule has 2 rings (SSSR count). The highest BCUT2D eigenvalue weighted by molar-refractivity contribution is 6.62. The van der Waals surface area contributed by atoms with Gasteiger partial charge < -0.3 is 15.4 Å². The fraction of sp³-hybridized carbons (Fsp3) is 0.455. The highest BCUT2D eigenvalue weighted by atomic mass is 35.5. The van der Waals surface area contributed by atoms with E-state index in [0.29, 0.717) is 0 Å². The highest BCUT2D eigenvalue weighted by Crippen LogP contribution is 2.30. The van der Waals surface area contributed by atoms with Crippen LogP contribution in [0.4, 0.5) is 0 Å². The summed E-state index contributed by atoms with van der Waals surface area (Å²) in [6.07, 6.45) is 0. The van der Waals surface area contributed by atoms with Gasteiger partial charge in [-0.15, -0.1) is 12.4 Å². The van der Waals surface area contributed by atoms with Gasteiger partial charge in [-0.2, -0.15) is 0 Å². The minimum absolute atomic E-state index is 0. The largest absolute Gasteiger partial charge is 0.492 e. The molecule has 0 amide bonds. The summed E-state index contributed by atoms with van der Waals surface area (Å²) in [5.74, 6) is 0. The van der Waals surface area contributed by atoms with E-state index in [4.69, 9.17) is 10.4 Å². The van der Waals surface area contributed by atoms with Gasteiger partial charge in [0.1, 0.15) is 0 Å². The maximum atomic E-state index is 9.76. The van der Waals surface area contributed by atoms with Crippen molar-refractivity contribution in [2.45, 2.75) is 32.4 Å². The van der Waals surface area contributed by atoms with Crippen molar-refractivity contribution < 1.29 is 9.68 Å². The van der Waals surface area contributed by atoms with Crippen molar-refractivity contribution in [1.29, 1.82) is 0 Å². The lowest BCUT2D eigenvalue weighted by Gasteiger charge is -2.19. The van der Waals surface area contributed by atoms with E-state index in [1.807, 2.05) is 39.0 Å². The summed E-state index contributed by atoms with van der Waals surface area (Å²) in [6, 6.07) is 5.89. The minimum atomic E-state index is -0.825. The second-order valence-electron chi connectivity index (χ2n) is 4.62. The summed E-state index contributed by atoms with van der Waals surface area (Å²) < 4.78 is 5.47. The van der Waals surface area contributed by atoms with Crippen LogP contribution in [0.25, 0.3) is 0 Å². The third kappa shape index (κ3) is 2.11. The average molecular weight is 242 g/mol. The molecule has 16 heavy (non-hydrogen) atoms. The van der Waals surface area contributed by atoms with Crippen LogP contribution >= 0.6 is 12.4 Å². The van der Waals surface area contributed by atoms with Crippen molar-refractivity contribution >= 4 is 25.0 Å². The topological polar surface area (TPSA) is 55.5 Å². The van der Waals surface area contributed by atoms with Crippen LogP contribution in [0.3, 0.4) is 0 Å². The first-order valence-corrected chi connectivity index (χ1v) is 5.17. The van der Waals surface area contributed by atoms with E-state index in [1.54, 1.807) is 0 Å². The molecule has 1 aromatic rings. The molecular weight excluding hydrogens is 224 g/mol. The van der Waals surface area contributed by atoms with Crippen molar-refractivity contribution in [3.05, 3.63) is 29.3 Å². The zero-order valence-corrected chi connectivity index (χ0v) is 10.5. The van der Waals surface area contributed by atoms with Gasteiger partial charge in [0.2, 0.25) is 0 Å². The maximum Gasteiger partial charge on any atom is 0.492 e. The lowest BCUT2D eigenvalue weighted by molar-refractivity contribution is 0.101. The van der Waals surface area contributed by atoms with Crippen LogP contribution < -0.4 is 11.2 Å². The molecule has 1 aromatic carbocycles. The third-order valence-corrected chi connectivity index (χ3v) is 2.92. The smallest absolute Gasteiger partial charge is 0.423 e. The molecule has 5 heteroatoms. The van der Waals surface area contributed by atoms with Gasteiger partial charge in [0.05, 0.1) is 5.60 Å². The SMILES string of the molecule is CC(N)c1ccc2c(c1)B(O)OC2(C)C.Cl. The molecule has 3 nitrogen and oxygen atoms in total. The summed E-state index contributed by atoms with van der Waals surface area (Å²) in [7, 11) is -0.825. The Kier molecular flexibility index (Phi) is 3.70. The number of benzene rings is 1. The van der Waals surface area contributed by atoms with Crippen LogP contribution in [0, 0.1) is 0 Å². The zero-order chi connectivity index (χ0) is 11.2. The predicted octanol–water partition coefficient (Wildman–Crippen LogP) is 1.08. The number of nitrogens with two attached hydrogens (primary N) is 1. The summed E-state index contributed by atoms with van der Waals surface area (Å²) >= 11 is 0. The van der Waals surface area contributed by atoms with Crippen molar-refractivity contribution in [2.75, 3.05) is 0 Å². The van der Waals surface area contributed by atoms with Gasteiger partial charge in [0.25, 0.3) is 0 Å². The molecule has 0 bridgehead atoms. The first-order valence-electron chi connectivity index (χ1n) is 5.17. The van der Waals surface area contributed by atoms with E-state index in [9.17, 15) is 5.02 Å². The predicted molar refractivity (Wildman–Crippen MR) is 68.0 cm³/mol. The summed E-state index contributed by atoms with van der Waals surface area (Å²) in [5.41, 5.74) is 8.29. The first kappa shape index (κ1) is 13.5. The Hall–Kier alpha value is -0.545. The Morgan fingerprint density at radius 2 is 2.06 bits per heavy atom. The van der Waals surface area contributed by atoms with E-state index in [0.717, 1.165) is 16.6 Å². The normalized spacial score (nSPS) is 18.9. The van der Waals surface area contributed by atoms with E-state index in [-0.39, 0.29) is 18.4 Å². The van der Waals surface area contributed by atoms with E-state index < -0.39 is 12.7 Å². The molecule has 1 unspecified atom stereocenters. The van der Waals surface area contributed by atoms with Crippen LogP contribution in [0.2, 0.25) is 0 Å². The van der Waals surface area contributed by atoms with Gasteiger partial charge in [-0.1, -0.05) is 18.2 Å². The molecule has 1 aliphatic heterocycles. The minimum Gasteiger partial charge on any atom is -0.423 e. The molecule has 88 valence electrons. The van der Waals surface area contributed by atoms with Gasteiger partial charge in [-0.25, -0.2) is 0 Å². The van der Waals surface area contributed by atoms with Crippen molar-refractivity contribution in [2.24, 2.45) is 5.73 Å². The fourth-order valence-electron chi connectivity index (χ4n) is 2.02. The quantitative estimate of drug-likeness (QED) is 0.724. The standard InChI is InChI=1S/C11H16BNO2.ClH/c1-7(13)8-4-5-9-10(6-8)12(14)15-11(9,2)3;/h4-7,14H,13H2,1-3H3;1H. The van der Waals surface area contributed by atoms with E-state index >= 15 is 0 Å². The third-order valence-electron chi connectivity index (χ3n) is 2.92. The monoisotopic (exact) mass is 241 g/mol. The average Bonchev–Trinajstić information content (AvgIpc) is 2.37. The Morgan fingerprint density at radius 1 is 1.44 bits per heavy atom. The molecule has 0 saturated carbocycles. The second kappa shape index (κ2) is 4.38. The molecule has 0 spiro atoms. The number of hydrogen-bond acceptors (Lipinski definition) is 3. The highest BCUT2D eigenvalue weighted by Gasteiger charge is 2.40. The molecule has 0 radical (unpaired) electrons. The van der Waals surface area contributed by atoms with Crippen molar-refractivity contribution in [3.63, 3.8) is 0 Å². The lowest BCUT2D eigenvalue weighted by atomic mass is 9.77. The number of rotatable bonds is 1. The maximum absolute atomic E-state index is 9.76. The number of halogens is 1. The zero-order valence-electron chi connectivity index (χ0n) is 9.73. The number of fused-ring (bicyclic) bond motifs is 1. The lowest BCUT2D eigenvalue weighted by Crippen LogP contribution is -2.29. The van der Waals surface area contributed by atoms with Crippen LogP contribution in [0.15, 0.2) is 18.2 Å². The van der Waals surface area contributed by atoms with Crippen molar-refractivity contribution in [1.82, 2.24) is 0 Å². The Balaban J connectivity index is 0.00000128. The van der Waals surface area contributed by atoms with Crippen LogP contribution in [0.5, 0.6) is 0 Å². The molecule has 1 heterocycles. The van der Waals surface area contributed by atoms with Crippen LogP contribution in [0.1, 0.15) is 37.9 Å². The van der Waals surface area contributed by atoms with Gasteiger partial charge in [0, 0.05) is 6.04 Å². The van der Waals surface area contributed by atoms with E-state index in [1.165, 1.54) is 0 Å². The molecule has 1 atom stereocenters. The molecule has 0 aliphatic carbocycles. The van der Waals surface area contributed by atoms with Crippen molar-refractivity contribution in [3.8, 4) is 0 Å². The Bertz CT molecular complexity index is 396. The molecule has 0 saturated heterocycles. The Labute approximate surface area is 103 Å². The molecule has 3 N–H and O–H groups in total. The molecule has 1 aliphatic rings. The van der Waals surface area contributed by atoms with Gasteiger partial charge in [0.15, 0.2) is 0 Å². The molecule has 0 aromatic heterocycles. The summed E-state index contributed by atoms with van der Waals surface area (Å²) in [6.45, 7) is 5.83. The summed E-state index contributed by atoms with van der Waals surface area (Å²) in [5, 5.41) is 9.76. The van der Waals surface area contributed by atoms with Gasteiger partial charge in [-0.05, 0) is 37.4 Å². The van der Waals surface area contributed by atoms with E-state index in [2.05, 4.69) is 0 Å². The van der Waals surface area contributed by atoms with Gasteiger partial charge >= 0.3 is 7.12 Å². The van der Waals surface area contributed by atoms with Crippen LogP contribution in [-0.4, -0.2) is 12.1 Å². The Morgan fingerprint density at radius 3 is 2.62 bits per heavy atom. The summed E-state index contributed by atoms with van der Waals surface area (Å²) in [4.78, 5) is 0.